The van der Waals surface area contributed by atoms with E-state index < -0.39 is 0 Å². The lowest BCUT2D eigenvalue weighted by molar-refractivity contribution is -0.906. The highest BCUT2D eigenvalue weighted by atomic mass is 32.2. The third-order valence-corrected chi connectivity index (χ3v) is 4.54. The van der Waals surface area contributed by atoms with Crippen LogP contribution in [0.4, 0.5) is 0 Å². The average molecular weight is 230 g/mol. The minimum absolute atomic E-state index is 1.35. The van der Waals surface area contributed by atoms with Crippen LogP contribution in [0.25, 0.3) is 0 Å². The van der Waals surface area contributed by atoms with Gasteiger partial charge in [0.25, 0.3) is 0 Å². The molecule has 0 N–H and O–H groups in total. The summed E-state index contributed by atoms with van der Waals surface area (Å²) in [5.41, 5.74) is 0. The molecule has 0 aromatic carbocycles. The summed E-state index contributed by atoms with van der Waals surface area (Å²) < 4.78 is 1.35. The van der Waals surface area contributed by atoms with Crippen molar-refractivity contribution in [2.75, 3.05) is 38.2 Å². The molecule has 0 amide bonds. The molecular formula is C13H28NS+. The van der Waals surface area contributed by atoms with E-state index >= 15 is 0 Å². The third-order valence-electron chi connectivity index (χ3n) is 3.60. The molecule has 1 aliphatic heterocycles. The molecule has 0 saturated carbocycles. The number of rotatable bonds is 7. The first-order valence-corrected chi connectivity index (χ1v) is 7.84. The molecule has 1 heterocycles. The van der Waals surface area contributed by atoms with Gasteiger partial charge in [0.2, 0.25) is 0 Å². The largest absolute Gasteiger partial charge is 0.325 e. The zero-order valence-corrected chi connectivity index (χ0v) is 11.5. The van der Waals surface area contributed by atoms with Crippen LogP contribution in [0.3, 0.4) is 0 Å². The highest BCUT2D eigenvalue weighted by Crippen LogP contribution is 2.17. The Morgan fingerprint density at radius 2 is 1.53 bits per heavy atom. The first kappa shape index (κ1) is 13.4. The van der Waals surface area contributed by atoms with Crippen molar-refractivity contribution >= 4 is 11.8 Å². The van der Waals surface area contributed by atoms with E-state index in [1.54, 1.807) is 0 Å². The van der Waals surface area contributed by atoms with E-state index in [1.807, 2.05) is 0 Å². The summed E-state index contributed by atoms with van der Waals surface area (Å²) in [6, 6.07) is 0. The maximum Gasteiger partial charge on any atom is 0.0876 e. The Morgan fingerprint density at radius 1 is 0.933 bits per heavy atom. The third kappa shape index (κ3) is 5.82. The van der Waals surface area contributed by atoms with Crippen molar-refractivity contribution in [1.82, 2.24) is 0 Å². The molecular weight excluding hydrogens is 202 g/mol. The van der Waals surface area contributed by atoms with Gasteiger partial charge < -0.3 is 4.48 Å². The van der Waals surface area contributed by atoms with Crippen molar-refractivity contribution in [2.45, 2.75) is 45.4 Å². The Balaban J connectivity index is 1.98. The maximum absolute atomic E-state index is 2.45. The van der Waals surface area contributed by atoms with Crippen molar-refractivity contribution in [3.8, 4) is 0 Å². The fraction of sp³-hybridized carbons (Fsp3) is 1.00. The van der Waals surface area contributed by atoms with E-state index in [2.05, 4.69) is 25.7 Å². The lowest BCUT2D eigenvalue weighted by atomic mass is 10.1. The second kappa shape index (κ2) is 7.56. The molecule has 0 bridgehead atoms. The number of hydrogen-bond acceptors (Lipinski definition) is 1. The van der Waals surface area contributed by atoms with Crippen molar-refractivity contribution in [1.29, 1.82) is 0 Å². The molecule has 0 aromatic heterocycles. The van der Waals surface area contributed by atoms with Gasteiger partial charge in [-0.3, -0.25) is 0 Å². The Kier molecular flexibility index (Phi) is 6.74. The number of nitrogens with zero attached hydrogens (tertiary/aromatic N) is 1. The van der Waals surface area contributed by atoms with Crippen molar-refractivity contribution in [3.63, 3.8) is 0 Å². The van der Waals surface area contributed by atoms with E-state index in [-0.39, 0.29) is 0 Å². The predicted molar refractivity (Wildman–Crippen MR) is 71.5 cm³/mol. The molecule has 0 aliphatic carbocycles. The molecule has 90 valence electrons. The lowest BCUT2D eigenvalue weighted by Crippen LogP contribution is -2.50. The highest BCUT2D eigenvalue weighted by molar-refractivity contribution is 7.99. The van der Waals surface area contributed by atoms with Crippen LogP contribution in [0.5, 0.6) is 0 Å². The normalized spacial score (nSPS) is 20.4. The lowest BCUT2D eigenvalue weighted by Gasteiger charge is -2.37. The van der Waals surface area contributed by atoms with Crippen LogP contribution in [-0.2, 0) is 0 Å². The molecule has 1 nitrogen and oxygen atoms in total. The summed E-state index contributed by atoms with van der Waals surface area (Å²) >= 11 is 2.13. The van der Waals surface area contributed by atoms with Crippen molar-refractivity contribution < 1.29 is 4.48 Å². The smallest absolute Gasteiger partial charge is 0.0876 e. The summed E-state index contributed by atoms with van der Waals surface area (Å²) in [5, 5.41) is 0. The van der Waals surface area contributed by atoms with Gasteiger partial charge in [0, 0.05) is 11.5 Å². The quantitative estimate of drug-likeness (QED) is 0.476. The van der Waals surface area contributed by atoms with Gasteiger partial charge in [-0.05, 0) is 12.8 Å². The molecule has 15 heavy (non-hydrogen) atoms. The van der Waals surface area contributed by atoms with Gasteiger partial charge in [-0.15, -0.1) is 0 Å². The Morgan fingerprint density at radius 3 is 2.20 bits per heavy atom. The van der Waals surface area contributed by atoms with Crippen LogP contribution in [-0.4, -0.2) is 42.7 Å². The van der Waals surface area contributed by atoms with Crippen LogP contribution >= 0.6 is 11.8 Å². The number of hydrogen-bond donors (Lipinski definition) is 0. The summed E-state index contributed by atoms with van der Waals surface area (Å²) in [6.07, 6.45) is 8.62. The number of quaternary nitrogens is 1. The summed E-state index contributed by atoms with van der Waals surface area (Å²) in [7, 11) is 2.45. The second-order valence-corrected chi connectivity index (χ2v) is 6.40. The summed E-state index contributed by atoms with van der Waals surface area (Å²) in [4.78, 5) is 0. The van der Waals surface area contributed by atoms with Crippen molar-refractivity contribution in [2.24, 2.45) is 0 Å². The second-order valence-electron chi connectivity index (χ2n) is 5.17. The zero-order valence-electron chi connectivity index (χ0n) is 10.6. The maximum atomic E-state index is 2.45. The molecule has 0 aromatic rings. The molecule has 0 unspecified atom stereocenters. The van der Waals surface area contributed by atoms with E-state index in [0.29, 0.717) is 0 Å². The fourth-order valence-electron chi connectivity index (χ4n) is 2.28. The molecule has 2 heteroatoms. The van der Waals surface area contributed by atoms with Gasteiger partial charge in [0.1, 0.15) is 0 Å². The van der Waals surface area contributed by atoms with Crippen LogP contribution < -0.4 is 0 Å². The van der Waals surface area contributed by atoms with Gasteiger partial charge in [-0.2, -0.15) is 11.8 Å². The van der Waals surface area contributed by atoms with E-state index in [9.17, 15) is 0 Å². The van der Waals surface area contributed by atoms with Gasteiger partial charge in [0.15, 0.2) is 0 Å². The van der Waals surface area contributed by atoms with E-state index in [0.717, 1.165) is 0 Å². The molecule has 1 aliphatic rings. The molecule has 0 atom stereocenters. The monoisotopic (exact) mass is 230 g/mol. The van der Waals surface area contributed by atoms with Gasteiger partial charge in [0.05, 0.1) is 26.7 Å². The minimum atomic E-state index is 1.35. The molecule has 1 saturated heterocycles. The molecule has 1 rings (SSSR count). The van der Waals surface area contributed by atoms with Gasteiger partial charge in [-0.25, -0.2) is 0 Å². The van der Waals surface area contributed by atoms with Crippen LogP contribution in [0.15, 0.2) is 0 Å². The van der Waals surface area contributed by atoms with Crippen LogP contribution in [0.2, 0.25) is 0 Å². The Hall–Kier alpha value is 0.310. The Bertz CT molecular complexity index is 153. The number of unbranched alkanes of at least 4 members (excludes halogenated alkanes) is 5. The fourth-order valence-corrected chi connectivity index (χ4v) is 3.63. The van der Waals surface area contributed by atoms with Gasteiger partial charge in [-0.1, -0.05) is 32.6 Å². The summed E-state index contributed by atoms with van der Waals surface area (Å²) in [5.74, 6) is 2.76. The molecule has 1 fully saturated rings. The van der Waals surface area contributed by atoms with Crippen LogP contribution in [0.1, 0.15) is 45.4 Å². The first-order valence-electron chi connectivity index (χ1n) is 6.68. The number of thioether (sulfide) groups is 1. The minimum Gasteiger partial charge on any atom is -0.325 e. The SMILES string of the molecule is CCCCCCCC[N+]1(C)CCSCC1. The molecule has 0 spiro atoms. The van der Waals surface area contributed by atoms with Crippen LogP contribution in [0, 0.1) is 0 Å². The predicted octanol–water partition coefficient (Wildman–Crippen LogP) is 3.54. The zero-order chi connectivity index (χ0) is 11.0. The topological polar surface area (TPSA) is 0 Å². The van der Waals surface area contributed by atoms with E-state index in [1.165, 1.54) is 74.1 Å². The van der Waals surface area contributed by atoms with Gasteiger partial charge >= 0.3 is 0 Å². The van der Waals surface area contributed by atoms with Crippen molar-refractivity contribution in [3.05, 3.63) is 0 Å². The average Bonchev–Trinajstić information content (AvgIpc) is 2.24. The van der Waals surface area contributed by atoms with E-state index in [4.69, 9.17) is 0 Å². The highest BCUT2D eigenvalue weighted by Gasteiger charge is 2.23. The first-order chi connectivity index (χ1) is 7.27. The Labute approximate surface area is 100 Å². The summed E-state index contributed by atoms with van der Waals surface area (Å²) in [6.45, 7) is 6.52. The standard InChI is InChI=1S/C13H28NS/c1-3-4-5-6-7-8-9-14(2)10-12-15-13-11-14/h3-13H2,1-2H3/q+1. The molecule has 0 radical (unpaired) electrons.